The molecule has 1 amide bonds. The molecule has 1 fully saturated rings. The van der Waals surface area contributed by atoms with Crippen LogP contribution in [-0.2, 0) is 4.79 Å². The summed E-state index contributed by atoms with van der Waals surface area (Å²) in [6, 6.07) is 4.73. The first-order chi connectivity index (χ1) is 9.95. The Morgan fingerprint density at radius 3 is 2.81 bits per heavy atom. The van der Waals surface area contributed by atoms with Gasteiger partial charge in [0.05, 0.1) is 4.92 Å². The van der Waals surface area contributed by atoms with Gasteiger partial charge in [0.1, 0.15) is 11.3 Å². The molecule has 1 aliphatic heterocycles. The van der Waals surface area contributed by atoms with Crippen LogP contribution < -0.4 is 0 Å². The summed E-state index contributed by atoms with van der Waals surface area (Å²) in [7, 11) is 0. The molecule has 1 atom stereocenters. The van der Waals surface area contributed by atoms with E-state index in [1.807, 2.05) is 6.92 Å². The summed E-state index contributed by atoms with van der Waals surface area (Å²) in [5.74, 6) is -0.358. The van der Waals surface area contributed by atoms with Crippen LogP contribution in [0.15, 0.2) is 18.2 Å². The van der Waals surface area contributed by atoms with Crippen molar-refractivity contribution in [2.24, 2.45) is 5.92 Å². The van der Waals surface area contributed by atoms with Crippen LogP contribution >= 0.6 is 0 Å². The first kappa shape index (κ1) is 15.2. The molecule has 6 nitrogen and oxygen atoms in total. The number of nitro benzene ring substituents is 1. The van der Waals surface area contributed by atoms with E-state index in [1.54, 1.807) is 24.0 Å². The Morgan fingerprint density at radius 2 is 2.19 bits per heavy atom. The van der Waals surface area contributed by atoms with E-state index in [-0.39, 0.29) is 28.9 Å². The Hall–Kier alpha value is -2.24. The third-order valence-electron chi connectivity index (χ3n) is 3.95. The van der Waals surface area contributed by atoms with Gasteiger partial charge in [0.15, 0.2) is 0 Å². The van der Waals surface area contributed by atoms with Crippen LogP contribution in [0.3, 0.4) is 0 Å². The van der Waals surface area contributed by atoms with E-state index in [0.717, 1.165) is 0 Å². The van der Waals surface area contributed by atoms with Crippen LogP contribution in [0.5, 0.6) is 0 Å². The summed E-state index contributed by atoms with van der Waals surface area (Å²) in [5, 5.41) is 11.2. The molecule has 1 unspecified atom stereocenters. The number of benzene rings is 1. The number of piperidine rings is 1. The highest BCUT2D eigenvalue weighted by molar-refractivity contribution is 5.99. The predicted octanol–water partition coefficient (Wildman–Crippen LogP) is 2.34. The maximum absolute atomic E-state index is 12.6. The zero-order valence-electron chi connectivity index (χ0n) is 12.2. The fraction of sp³-hybridized carbons (Fsp3) is 0.467. The Bertz CT molecular complexity index is 597. The second-order valence-electron chi connectivity index (χ2n) is 5.30. The molecule has 1 saturated heterocycles. The molecule has 0 bridgehead atoms. The molecule has 1 aromatic carbocycles. The van der Waals surface area contributed by atoms with Gasteiger partial charge in [-0.1, -0.05) is 19.1 Å². The number of ketones is 1. The SMILES string of the molecule is CCC1CN(C(=O)c2cccc(C)c2[N+](=O)[O-])CCC1=O. The highest BCUT2D eigenvalue weighted by Crippen LogP contribution is 2.26. The van der Waals surface area contributed by atoms with Gasteiger partial charge in [-0.05, 0) is 19.4 Å². The van der Waals surface area contributed by atoms with E-state index in [9.17, 15) is 19.7 Å². The molecule has 0 spiro atoms. The van der Waals surface area contributed by atoms with Crippen molar-refractivity contribution in [2.45, 2.75) is 26.7 Å². The molecule has 1 aromatic rings. The average Bonchev–Trinajstić information content (AvgIpc) is 2.46. The first-order valence-corrected chi connectivity index (χ1v) is 7.01. The summed E-state index contributed by atoms with van der Waals surface area (Å²) in [6.07, 6.45) is 1.00. The van der Waals surface area contributed by atoms with E-state index in [0.29, 0.717) is 31.5 Å². The molecule has 21 heavy (non-hydrogen) atoms. The van der Waals surface area contributed by atoms with E-state index >= 15 is 0 Å². The van der Waals surface area contributed by atoms with Gasteiger partial charge in [-0.3, -0.25) is 19.7 Å². The topological polar surface area (TPSA) is 80.5 Å². The Labute approximate surface area is 122 Å². The molecule has 2 rings (SSSR count). The monoisotopic (exact) mass is 290 g/mol. The lowest BCUT2D eigenvalue weighted by atomic mass is 9.93. The lowest BCUT2D eigenvalue weighted by Gasteiger charge is -2.31. The number of hydrogen-bond acceptors (Lipinski definition) is 4. The van der Waals surface area contributed by atoms with E-state index in [1.165, 1.54) is 6.07 Å². The zero-order valence-corrected chi connectivity index (χ0v) is 12.2. The largest absolute Gasteiger partial charge is 0.337 e. The minimum absolute atomic E-state index is 0.101. The van der Waals surface area contributed by atoms with E-state index in [2.05, 4.69) is 0 Å². The lowest BCUT2D eigenvalue weighted by molar-refractivity contribution is -0.385. The number of Topliss-reactive ketones (excluding diaryl/α,β-unsaturated/α-hetero) is 1. The molecule has 0 N–H and O–H groups in total. The highest BCUT2D eigenvalue weighted by Gasteiger charge is 2.32. The molecule has 0 saturated carbocycles. The summed E-state index contributed by atoms with van der Waals surface area (Å²) in [5.41, 5.74) is 0.419. The van der Waals surface area contributed by atoms with Crippen LogP contribution in [-0.4, -0.2) is 34.6 Å². The Balaban J connectivity index is 2.31. The number of aryl methyl sites for hydroxylation is 1. The number of hydrogen-bond donors (Lipinski definition) is 0. The average molecular weight is 290 g/mol. The third-order valence-corrected chi connectivity index (χ3v) is 3.95. The number of carbonyl (C=O) groups is 2. The molecule has 1 aliphatic rings. The number of nitro groups is 1. The second kappa shape index (κ2) is 6.03. The Kier molecular flexibility index (Phi) is 4.35. The number of carbonyl (C=O) groups excluding carboxylic acids is 2. The first-order valence-electron chi connectivity index (χ1n) is 7.01. The van der Waals surface area contributed by atoms with Crippen LogP contribution in [0.1, 0.15) is 35.7 Å². The fourth-order valence-electron chi connectivity index (χ4n) is 2.69. The van der Waals surface area contributed by atoms with Crippen molar-refractivity contribution in [3.05, 3.63) is 39.4 Å². The Morgan fingerprint density at radius 1 is 1.48 bits per heavy atom. The highest BCUT2D eigenvalue weighted by atomic mass is 16.6. The molecule has 0 radical (unpaired) electrons. The second-order valence-corrected chi connectivity index (χ2v) is 5.30. The van der Waals surface area contributed by atoms with Crippen molar-refractivity contribution >= 4 is 17.4 Å². The molecular weight excluding hydrogens is 272 g/mol. The van der Waals surface area contributed by atoms with Gasteiger partial charge in [0.25, 0.3) is 11.6 Å². The smallest absolute Gasteiger partial charge is 0.285 e. The number of nitrogens with zero attached hydrogens (tertiary/aromatic N) is 2. The van der Waals surface area contributed by atoms with E-state index < -0.39 is 4.92 Å². The standard InChI is InChI=1S/C15H18N2O4/c1-3-11-9-16(8-7-13(11)18)15(19)12-6-4-5-10(2)14(12)17(20)21/h4-6,11H,3,7-9H2,1-2H3. The molecule has 0 aromatic heterocycles. The van der Waals surface area contributed by atoms with Gasteiger partial charge in [-0.2, -0.15) is 0 Å². The normalized spacial score (nSPS) is 18.7. The minimum atomic E-state index is -0.519. The van der Waals surface area contributed by atoms with Crippen LogP contribution in [0.25, 0.3) is 0 Å². The maximum Gasteiger partial charge on any atom is 0.285 e. The van der Waals surface area contributed by atoms with Crippen molar-refractivity contribution in [1.29, 1.82) is 0 Å². The van der Waals surface area contributed by atoms with Crippen LogP contribution in [0.2, 0.25) is 0 Å². The summed E-state index contributed by atoms with van der Waals surface area (Å²) < 4.78 is 0. The minimum Gasteiger partial charge on any atom is -0.337 e. The predicted molar refractivity (Wildman–Crippen MR) is 77.1 cm³/mol. The van der Waals surface area contributed by atoms with Crippen molar-refractivity contribution < 1.29 is 14.5 Å². The molecule has 6 heteroatoms. The van der Waals surface area contributed by atoms with Gasteiger partial charge in [0, 0.05) is 31.0 Å². The van der Waals surface area contributed by atoms with Gasteiger partial charge in [-0.15, -0.1) is 0 Å². The van der Waals surface area contributed by atoms with E-state index in [4.69, 9.17) is 0 Å². The van der Waals surface area contributed by atoms with Crippen molar-refractivity contribution in [1.82, 2.24) is 4.90 Å². The third kappa shape index (κ3) is 2.94. The van der Waals surface area contributed by atoms with Gasteiger partial charge in [0.2, 0.25) is 0 Å². The molecule has 0 aliphatic carbocycles. The van der Waals surface area contributed by atoms with Gasteiger partial charge < -0.3 is 4.90 Å². The number of rotatable bonds is 3. The molecular formula is C15H18N2O4. The fourth-order valence-corrected chi connectivity index (χ4v) is 2.69. The summed E-state index contributed by atoms with van der Waals surface area (Å²) in [6.45, 7) is 4.20. The summed E-state index contributed by atoms with van der Waals surface area (Å²) >= 11 is 0. The van der Waals surface area contributed by atoms with Gasteiger partial charge in [-0.25, -0.2) is 0 Å². The quantitative estimate of drug-likeness (QED) is 0.632. The van der Waals surface area contributed by atoms with Crippen molar-refractivity contribution in [3.8, 4) is 0 Å². The maximum atomic E-state index is 12.6. The molecule has 1 heterocycles. The van der Waals surface area contributed by atoms with Crippen LogP contribution in [0, 0.1) is 23.0 Å². The van der Waals surface area contributed by atoms with Crippen molar-refractivity contribution in [2.75, 3.05) is 13.1 Å². The lowest BCUT2D eigenvalue weighted by Crippen LogP contribution is -2.44. The zero-order chi connectivity index (χ0) is 15.6. The number of likely N-dealkylation sites (tertiary alicyclic amines) is 1. The van der Waals surface area contributed by atoms with Gasteiger partial charge >= 0.3 is 0 Å². The number of para-hydroxylation sites is 1. The molecule has 112 valence electrons. The number of amides is 1. The van der Waals surface area contributed by atoms with Crippen LogP contribution in [0.4, 0.5) is 5.69 Å². The van der Waals surface area contributed by atoms with Crippen molar-refractivity contribution in [3.63, 3.8) is 0 Å². The summed E-state index contributed by atoms with van der Waals surface area (Å²) in [4.78, 5) is 36.5.